The van der Waals surface area contributed by atoms with Crippen LogP contribution in [0.1, 0.15) is 27.3 Å². The van der Waals surface area contributed by atoms with Gasteiger partial charge in [0.05, 0.1) is 17.6 Å². The van der Waals surface area contributed by atoms with Gasteiger partial charge in [0.2, 0.25) is 0 Å². The maximum atomic E-state index is 14.4. The Morgan fingerprint density at radius 3 is 2.95 bits per heavy atom. The number of nitrogens with one attached hydrogen (secondary N) is 2. The van der Waals surface area contributed by atoms with Crippen molar-refractivity contribution in [1.82, 2.24) is 15.3 Å². The molecule has 2 N–H and O–H groups in total. The van der Waals surface area contributed by atoms with E-state index in [9.17, 15) is 9.18 Å². The lowest BCUT2D eigenvalue weighted by Crippen LogP contribution is -2.25. The molecule has 0 bridgehead atoms. The van der Waals surface area contributed by atoms with E-state index in [1.54, 1.807) is 13.0 Å². The van der Waals surface area contributed by atoms with E-state index in [0.717, 1.165) is 17.8 Å². The zero-order chi connectivity index (χ0) is 14.8. The minimum Gasteiger partial charge on any atom is -0.318 e. The molecule has 6 heteroatoms. The molecule has 5 nitrogen and oxygen atoms in total. The molecule has 0 atom stereocenters. The number of benzene rings is 1. The molecule has 0 saturated carbocycles. The van der Waals surface area contributed by atoms with Crippen LogP contribution in [0.5, 0.6) is 0 Å². The highest BCUT2D eigenvalue weighted by Gasteiger charge is 2.18. The standard InChI is InChI=1S/C15H15FN4O/c1-9-6-19-13(8-18-9)15(21)20-12-3-2-10-7-17-5-4-11(10)14(12)16/h2-3,6,8,17H,4-5,7H2,1H3,(H,20,21). The Bertz CT molecular complexity index is 685. The summed E-state index contributed by atoms with van der Waals surface area (Å²) >= 11 is 0. The van der Waals surface area contributed by atoms with E-state index in [-0.39, 0.29) is 17.2 Å². The molecule has 3 rings (SSSR count). The molecule has 2 aromatic rings. The van der Waals surface area contributed by atoms with Gasteiger partial charge in [-0.1, -0.05) is 6.07 Å². The number of amides is 1. The van der Waals surface area contributed by atoms with Gasteiger partial charge in [0.15, 0.2) is 0 Å². The van der Waals surface area contributed by atoms with Gasteiger partial charge in [-0.3, -0.25) is 9.78 Å². The second-order valence-electron chi connectivity index (χ2n) is 4.99. The van der Waals surface area contributed by atoms with Crippen molar-refractivity contribution in [2.75, 3.05) is 11.9 Å². The topological polar surface area (TPSA) is 66.9 Å². The first-order chi connectivity index (χ1) is 10.1. The van der Waals surface area contributed by atoms with Crippen LogP contribution in [0.3, 0.4) is 0 Å². The predicted molar refractivity (Wildman–Crippen MR) is 76.5 cm³/mol. The van der Waals surface area contributed by atoms with Crippen LogP contribution in [0.15, 0.2) is 24.5 Å². The molecule has 1 aromatic heterocycles. The van der Waals surface area contributed by atoms with E-state index in [1.807, 2.05) is 6.07 Å². The SMILES string of the molecule is Cc1cnc(C(=O)Nc2ccc3c(c2F)CCNC3)cn1. The molecule has 0 unspecified atom stereocenters. The van der Waals surface area contributed by atoms with Crippen molar-refractivity contribution in [2.45, 2.75) is 19.9 Å². The number of aryl methyl sites for hydroxylation is 1. The van der Waals surface area contributed by atoms with Gasteiger partial charge in [0.1, 0.15) is 11.5 Å². The zero-order valence-corrected chi connectivity index (χ0v) is 11.6. The maximum Gasteiger partial charge on any atom is 0.275 e. The van der Waals surface area contributed by atoms with Gasteiger partial charge in [0.25, 0.3) is 5.91 Å². The monoisotopic (exact) mass is 286 g/mol. The molecular weight excluding hydrogens is 271 g/mol. The summed E-state index contributed by atoms with van der Waals surface area (Å²) in [5.41, 5.74) is 2.68. The highest BCUT2D eigenvalue weighted by molar-refractivity contribution is 6.02. The minimum absolute atomic E-state index is 0.166. The smallest absolute Gasteiger partial charge is 0.275 e. The normalized spacial score (nSPS) is 13.6. The Balaban J connectivity index is 1.84. The lowest BCUT2D eigenvalue weighted by molar-refractivity contribution is 0.102. The first-order valence-electron chi connectivity index (χ1n) is 6.76. The van der Waals surface area contributed by atoms with Crippen molar-refractivity contribution in [1.29, 1.82) is 0 Å². The van der Waals surface area contributed by atoms with E-state index < -0.39 is 5.91 Å². The first kappa shape index (κ1) is 13.6. The fourth-order valence-corrected chi connectivity index (χ4v) is 2.33. The van der Waals surface area contributed by atoms with Gasteiger partial charge in [-0.25, -0.2) is 9.37 Å². The fraction of sp³-hybridized carbons (Fsp3) is 0.267. The number of hydrogen-bond donors (Lipinski definition) is 2. The van der Waals surface area contributed by atoms with Crippen LogP contribution in [-0.2, 0) is 13.0 Å². The zero-order valence-electron chi connectivity index (χ0n) is 11.6. The lowest BCUT2D eigenvalue weighted by atomic mass is 9.99. The average Bonchev–Trinajstić information content (AvgIpc) is 2.51. The Hall–Kier alpha value is -2.34. The molecule has 1 aliphatic heterocycles. The van der Waals surface area contributed by atoms with Crippen LogP contribution < -0.4 is 10.6 Å². The molecular formula is C15H15FN4O. The molecule has 0 aliphatic carbocycles. The first-order valence-corrected chi connectivity index (χ1v) is 6.76. The predicted octanol–water partition coefficient (Wildman–Crippen LogP) is 1.82. The number of halogens is 1. The summed E-state index contributed by atoms with van der Waals surface area (Å²) in [7, 11) is 0. The molecule has 2 heterocycles. The van der Waals surface area contributed by atoms with Crippen molar-refractivity contribution in [2.24, 2.45) is 0 Å². The van der Waals surface area contributed by atoms with Crippen molar-refractivity contribution < 1.29 is 9.18 Å². The number of rotatable bonds is 2. The van der Waals surface area contributed by atoms with E-state index in [1.165, 1.54) is 12.4 Å². The molecule has 0 saturated heterocycles. The minimum atomic E-state index is -0.463. The number of fused-ring (bicyclic) bond motifs is 1. The number of carbonyl (C=O) groups is 1. The summed E-state index contributed by atoms with van der Waals surface area (Å²) in [5, 5.41) is 5.75. The molecule has 108 valence electrons. The van der Waals surface area contributed by atoms with Gasteiger partial charge in [-0.2, -0.15) is 0 Å². The third-order valence-electron chi connectivity index (χ3n) is 3.47. The molecule has 0 fully saturated rings. The highest BCUT2D eigenvalue weighted by atomic mass is 19.1. The number of nitrogens with zero attached hydrogens (tertiary/aromatic N) is 2. The summed E-state index contributed by atoms with van der Waals surface area (Å²) in [4.78, 5) is 20.0. The van der Waals surface area contributed by atoms with Crippen LogP contribution in [-0.4, -0.2) is 22.4 Å². The van der Waals surface area contributed by atoms with Gasteiger partial charge < -0.3 is 10.6 Å². The van der Waals surface area contributed by atoms with Crippen molar-refractivity contribution in [3.63, 3.8) is 0 Å². The Labute approximate surface area is 121 Å². The van der Waals surface area contributed by atoms with E-state index >= 15 is 0 Å². The van der Waals surface area contributed by atoms with Crippen molar-refractivity contribution >= 4 is 11.6 Å². The number of aromatic nitrogens is 2. The fourth-order valence-electron chi connectivity index (χ4n) is 2.33. The third-order valence-corrected chi connectivity index (χ3v) is 3.47. The van der Waals surface area contributed by atoms with Gasteiger partial charge in [-0.05, 0) is 37.1 Å². The lowest BCUT2D eigenvalue weighted by Gasteiger charge is -2.19. The summed E-state index contributed by atoms with van der Waals surface area (Å²) in [5.74, 6) is -0.822. The van der Waals surface area contributed by atoms with Crippen LogP contribution in [0, 0.1) is 12.7 Å². The van der Waals surface area contributed by atoms with Crippen LogP contribution in [0.2, 0.25) is 0 Å². The van der Waals surface area contributed by atoms with Gasteiger partial charge in [0, 0.05) is 12.7 Å². The van der Waals surface area contributed by atoms with Crippen molar-refractivity contribution in [3.05, 3.63) is 52.9 Å². The summed E-state index contributed by atoms with van der Waals surface area (Å²) in [6, 6.07) is 3.42. The summed E-state index contributed by atoms with van der Waals surface area (Å²) < 4.78 is 14.4. The number of hydrogen-bond acceptors (Lipinski definition) is 4. The van der Waals surface area contributed by atoms with Crippen LogP contribution in [0.4, 0.5) is 10.1 Å². The third kappa shape index (κ3) is 2.75. The van der Waals surface area contributed by atoms with E-state index in [0.29, 0.717) is 18.5 Å². The largest absolute Gasteiger partial charge is 0.318 e. The summed E-state index contributed by atoms with van der Waals surface area (Å²) in [6.45, 7) is 3.18. The van der Waals surface area contributed by atoms with Crippen molar-refractivity contribution in [3.8, 4) is 0 Å². The number of anilines is 1. The molecule has 0 radical (unpaired) electrons. The molecule has 0 spiro atoms. The maximum absolute atomic E-state index is 14.4. The van der Waals surface area contributed by atoms with E-state index in [2.05, 4.69) is 20.6 Å². The average molecular weight is 286 g/mol. The van der Waals surface area contributed by atoms with E-state index in [4.69, 9.17) is 0 Å². The number of carbonyl (C=O) groups excluding carboxylic acids is 1. The summed E-state index contributed by atoms with van der Waals surface area (Å²) in [6.07, 6.45) is 3.50. The Morgan fingerprint density at radius 1 is 1.33 bits per heavy atom. The molecule has 1 aromatic carbocycles. The van der Waals surface area contributed by atoms with Gasteiger partial charge in [-0.15, -0.1) is 0 Å². The molecule has 21 heavy (non-hydrogen) atoms. The van der Waals surface area contributed by atoms with Gasteiger partial charge >= 0.3 is 0 Å². The van der Waals surface area contributed by atoms with Crippen LogP contribution >= 0.6 is 0 Å². The molecule has 1 amide bonds. The Morgan fingerprint density at radius 2 is 2.19 bits per heavy atom. The second kappa shape index (κ2) is 5.57. The Kier molecular flexibility index (Phi) is 3.62. The quantitative estimate of drug-likeness (QED) is 0.883. The highest BCUT2D eigenvalue weighted by Crippen LogP contribution is 2.24. The molecule has 1 aliphatic rings. The second-order valence-corrected chi connectivity index (χ2v) is 4.99. The van der Waals surface area contributed by atoms with Crippen LogP contribution in [0.25, 0.3) is 0 Å².